The van der Waals surface area contributed by atoms with Gasteiger partial charge >= 0.3 is 0 Å². The van der Waals surface area contributed by atoms with Gasteiger partial charge in [0.05, 0.1) is 24.8 Å². The van der Waals surface area contributed by atoms with Gasteiger partial charge in [0.1, 0.15) is 6.10 Å². The van der Waals surface area contributed by atoms with Crippen LogP contribution in [-0.4, -0.2) is 19.3 Å². The minimum atomic E-state index is -0.499. The van der Waals surface area contributed by atoms with Gasteiger partial charge in [-0.25, -0.2) is 4.39 Å². The van der Waals surface area contributed by atoms with Crippen LogP contribution in [0, 0.1) is 17.1 Å². The number of rotatable bonds is 2. The van der Waals surface area contributed by atoms with E-state index in [-0.39, 0.29) is 11.9 Å². The normalized spacial score (nSPS) is 19.9. The molecule has 0 aromatic heterocycles. The first-order chi connectivity index (χ1) is 7.29. The molecule has 0 N–H and O–H groups in total. The zero-order valence-electron chi connectivity index (χ0n) is 8.07. The predicted molar refractivity (Wildman–Crippen MR) is 51.0 cm³/mol. The third-order valence-corrected chi connectivity index (χ3v) is 2.24. The van der Waals surface area contributed by atoms with E-state index in [1.165, 1.54) is 18.2 Å². The van der Waals surface area contributed by atoms with Gasteiger partial charge in [-0.15, -0.1) is 0 Å². The topological polar surface area (TPSA) is 42.2 Å². The summed E-state index contributed by atoms with van der Waals surface area (Å²) in [6.07, 6.45) is 0.701. The molecule has 1 heterocycles. The van der Waals surface area contributed by atoms with Crippen LogP contribution in [0.3, 0.4) is 0 Å². The molecular formula is C11H10FNO2. The van der Waals surface area contributed by atoms with Crippen molar-refractivity contribution in [3.8, 4) is 11.8 Å². The summed E-state index contributed by atoms with van der Waals surface area (Å²) < 4.78 is 23.9. The molecule has 2 rings (SSSR count). The predicted octanol–water partition coefficient (Wildman–Crippen LogP) is 1.87. The number of hydrogen-bond acceptors (Lipinski definition) is 3. The van der Waals surface area contributed by atoms with Gasteiger partial charge in [-0.05, 0) is 18.2 Å². The third-order valence-electron chi connectivity index (χ3n) is 2.24. The molecule has 1 aliphatic rings. The minimum Gasteiger partial charge on any atom is -0.485 e. The highest BCUT2D eigenvalue weighted by atomic mass is 19.1. The molecule has 0 radical (unpaired) electrons. The second kappa shape index (κ2) is 4.28. The number of hydrogen-bond donors (Lipinski definition) is 0. The van der Waals surface area contributed by atoms with E-state index >= 15 is 0 Å². The van der Waals surface area contributed by atoms with Crippen molar-refractivity contribution < 1.29 is 13.9 Å². The van der Waals surface area contributed by atoms with Crippen LogP contribution < -0.4 is 4.74 Å². The van der Waals surface area contributed by atoms with Crippen LogP contribution in [-0.2, 0) is 4.74 Å². The van der Waals surface area contributed by atoms with Gasteiger partial charge in [-0.1, -0.05) is 0 Å². The lowest BCUT2D eigenvalue weighted by Crippen LogP contribution is -2.16. The molecule has 1 aliphatic heterocycles. The third kappa shape index (κ3) is 2.25. The molecule has 0 spiro atoms. The lowest BCUT2D eigenvalue weighted by molar-refractivity contribution is 0.138. The van der Waals surface area contributed by atoms with Crippen LogP contribution in [0.2, 0.25) is 0 Å². The Hall–Kier alpha value is -1.60. The first-order valence-electron chi connectivity index (χ1n) is 4.73. The quantitative estimate of drug-likeness (QED) is 0.743. The van der Waals surface area contributed by atoms with Gasteiger partial charge in [0.2, 0.25) is 0 Å². The fraction of sp³-hybridized carbons (Fsp3) is 0.364. The molecule has 0 unspecified atom stereocenters. The molecule has 78 valence electrons. The molecule has 15 heavy (non-hydrogen) atoms. The van der Waals surface area contributed by atoms with Crippen molar-refractivity contribution in [3.05, 3.63) is 29.6 Å². The second-order valence-electron chi connectivity index (χ2n) is 3.36. The van der Waals surface area contributed by atoms with E-state index in [9.17, 15) is 4.39 Å². The van der Waals surface area contributed by atoms with E-state index in [4.69, 9.17) is 14.7 Å². The fourth-order valence-electron chi connectivity index (χ4n) is 1.45. The Balaban J connectivity index is 2.11. The number of ether oxygens (including phenoxy) is 2. The van der Waals surface area contributed by atoms with Crippen molar-refractivity contribution in [1.29, 1.82) is 5.26 Å². The molecule has 0 bridgehead atoms. The zero-order chi connectivity index (χ0) is 10.7. The van der Waals surface area contributed by atoms with Crippen LogP contribution in [0.1, 0.15) is 12.0 Å². The largest absolute Gasteiger partial charge is 0.485 e. The first-order valence-corrected chi connectivity index (χ1v) is 4.73. The van der Waals surface area contributed by atoms with Crippen LogP contribution in [0.15, 0.2) is 18.2 Å². The smallest absolute Gasteiger partial charge is 0.166 e. The Morgan fingerprint density at radius 1 is 1.53 bits per heavy atom. The molecule has 0 aliphatic carbocycles. The Morgan fingerprint density at radius 3 is 3.00 bits per heavy atom. The maximum absolute atomic E-state index is 13.4. The van der Waals surface area contributed by atoms with Crippen molar-refractivity contribution in [2.75, 3.05) is 13.2 Å². The maximum Gasteiger partial charge on any atom is 0.166 e. The SMILES string of the molecule is N#Cc1ccc(O[C@H]2CCOC2)c(F)c1. The Bertz CT molecular complexity index is 394. The molecule has 1 aromatic rings. The molecule has 4 heteroatoms. The van der Waals surface area contributed by atoms with Gasteiger partial charge < -0.3 is 9.47 Å². The van der Waals surface area contributed by atoms with Gasteiger partial charge in [-0.3, -0.25) is 0 Å². The standard InChI is InChI=1S/C11H10FNO2/c12-10-5-8(6-13)1-2-11(10)15-9-3-4-14-7-9/h1-2,5,9H,3-4,7H2/t9-/m0/s1. The van der Waals surface area contributed by atoms with E-state index in [0.29, 0.717) is 18.8 Å². The highest BCUT2D eigenvalue weighted by molar-refractivity contribution is 5.36. The minimum absolute atomic E-state index is 0.0764. The number of halogens is 1. The van der Waals surface area contributed by atoms with E-state index in [2.05, 4.69) is 0 Å². The molecule has 3 nitrogen and oxygen atoms in total. The summed E-state index contributed by atoms with van der Waals surface area (Å²) in [7, 11) is 0. The molecular weight excluding hydrogens is 197 g/mol. The van der Waals surface area contributed by atoms with E-state index in [1.54, 1.807) is 0 Å². The highest BCUT2D eigenvalue weighted by Crippen LogP contribution is 2.21. The lowest BCUT2D eigenvalue weighted by Gasteiger charge is -2.12. The number of nitrogens with zero attached hydrogens (tertiary/aromatic N) is 1. The monoisotopic (exact) mass is 207 g/mol. The Morgan fingerprint density at radius 2 is 2.40 bits per heavy atom. The average Bonchev–Trinajstić information content (AvgIpc) is 2.74. The van der Waals surface area contributed by atoms with Crippen LogP contribution >= 0.6 is 0 Å². The summed E-state index contributed by atoms with van der Waals surface area (Å²) in [6, 6.07) is 6.05. The summed E-state index contributed by atoms with van der Waals surface area (Å²) in [5, 5.41) is 8.56. The average molecular weight is 207 g/mol. The van der Waals surface area contributed by atoms with Gasteiger partial charge in [-0.2, -0.15) is 5.26 Å². The fourth-order valence-corrected chi connectivity index (χ4v) is 1.45. The summed E-state index contributed by atoms with van der Waals surface area (Å²) in [5.74, 6) is -0.314. The zero-order valence-corrected chi connectivity index (χ0v) is 8.07. The summed E-state index contributed by atoms with van der Waals surface area (Å²) in [6.45, 7) is 1.15. The summed E-state index contributed by atoms with van der Waals surface area (Å²) in [5.41, 5.74) is 0.294. The van der Waals surface area contributed by atoms with E-state index in [1.807, 2.05) is 6.07 Å². The van der Waals surface area contributed by atoms with Crippen molar-refractivity contribution in [1.82, 2.24) is 0 Å². The van der Waals surface area contributed by atoms with Crippen molar-refractivity contribution in [2.45, 2.75) is 12.5 Å². The summed E-state index contributed by atoms with van der Waals surface area (Å²) >= 11 is 0. The molecule has 1 aromatic carbocycles. The van der Waals surface area contributed by atoms with Crippen LogP contribution in [0.25, 0.3) is 0 Å². The maximum atomic E-state index is 13.4. The van der Waals surface area contributed by atoms with Crippen molar-refractivity contribution >= 4 is 0 Å². The van der Waals surface area contributed by atoms with Crippen LogP contribution in [0.5, 0.6) is 5.75 Å². The van der Waals surface area contributed by atoms with Gasteiger partial charge in [0, 0.05) is 6.42 Å². The molecule has 1 saturated heterocycles. The van der Waals surface area contributed by atoms with E-state index < -0.39 is 5.82 Å². The lowest BCUT2D eigenvalue weighted by atomic mass is 10.2. The Labute approximate surface area is 87.0 Å². The van der Waals surface area contributed by atoms with E-state index in [0.717, 1.165) is 6.42 Å². The second-order valence-corrected chi connectivity index (χ2v) is 3.36. The van der Waals surface area contributed by atoms with Crippen molar-refractivity contribution in [2.24, 2.45) is 0 Å². The molecule has 0 saturated carbocycles. The van der Waals surface area contributed by atoms with Crippen LogP contribution in [0.4, 0.5) is 4.39 Å². The first kappa shape index (κ1) is 9.94. The molecule has 1 atom stereocenters. The highest BCUT2D eigenvalue weighted by Gasteiger charge is 2.18. The van der Waals surface area contributed by atoms with Crippen molar-refractivity contribution in [3.63, 3.8) is 0 Å². The van der Waals surface area contributed by atoms with Gasteiger partial charge in [0.25, 0.3) is 0 Å². The molecule has 0 amide bonds. The summed E-state index contributed by atoms with van der Waals surface area (Å²) in [4.78, 5) is 0. The number of nitriles is 1. The Kier molecular flexibility index (Phi) is 2.84. The van der Waals surface area contributed by atoms with Gasteiger partial charge in [0.15, 0.2) is 11.6 Å². The number of benzene rings is 1. The molecule has 1 fully saturated rings.